The van der Waals surface area contributed by atoms with Crippen LogP contribution in [0.2, 0.25) is 5.02 Å². The predicted octanol–water partition coefficient (Wildman–Crippen LogP) is 4.28. The highest BCUT2D eigenvalue weighted by Gasteiger charge is 2.11. The summed E-state index contributed by atoms with van der Waals surface area (Å²) >= 11 is 5.68. The summed E-state index contributed by atoms with van der Waals surface area (Å²) in [6.07, 6.45) is 1.67. The lowest BCUT2D eigenvalue weighted by Gasteiger charge is -2.13. The van der Waals surface area contributed by atoms with Crippen molar-refractivity contribution in [3.63, 3.8) is 0 Å². The Morgan fingerprint density at radius 1 is 1.19 bits per heavy atom. The zero-order valence-corrected chi connectivity index (χ0v) is 11.8. The summed E-state index contributed by atoms with van der Waals surface area (Å²) < 4.78 is 19.4. The number of nitrogens with zero attached hydrogens (tertiary/aromatic N) is 1. The van der Waals surface area contributed by atoms with Gasteiger partial charge in [0.05, 0.1) is 10.5 Å². The van der Waals surface area contributed by atoms with Gasteiger partial charge in [0.1, 0.15) is 17.3 Å². The fraction of sp³-hybridized carbons (Fsp3) is 0.0625. The molecule has 0 atom stereocenters. The molecule has 0 fully saturated rings. The number of fused-ring (bicyclic) bond motifs is 1. The van der Waals surface area contributed by atoms with Gasteiger partial charge >= 0.3 is 0 Å². The van der Waals surface area contributed by atoms with Crippen LogP contribution in [0, 0.1) is 5.82 Å². The van der Waals surface area contributed by atoms with Gasteiger partial charge in [0.2, 0.25) is 0 Å². The molecule has 21 heavy (non-hydrogen) atoms. The molecule has 3 aromatic rings. The molecule has 2 N–H and O–H groups in total. The zero-order valence-electron chi connectivity index (χ0n) is 11.0. The van der Waals surface area contributed by atoms with Crippen molar-refractivity contribution in [2.75, 3.05) is 0 Å². The number of hydrogen-bond donors (Lipinski definition) is 1. The van der Waals surface area contributed by atoms with Crippen molar-refractivity contribution in [1.29, 1.82) is 0 Å². The fourth-order valence-electron chi connectivity index (χ4n) is 2.08. The molecule has 0 bridgehead atoms. The first kappa shape index (κ1) is 13.8. The van der Waals surface area contributed by atoms with Crippen LogP contribution in [0.5, 0.6) is 11.5 Å². The Labute approximate surface area is 126 Å². The van der Waals surface area contributed by atoms with Crippen LogP contribution in [0.4, 0.5) is 4.39 Å². The number of hydrogen-bond acceptors (Lipinski definition) is 3. The summed E-state index contributed by atoms with van der Waals surface area (Å²) in [4.78, 5) is 4.33. The second kappa shape index (κ2) is 5.68. The SMILES string of the molecule is NCc1cnc2ccccc2c1Oc1ccc(Cl)c(F)c1. The lowest BCUT2D eigenvalue weighted by atomic mass is 10.1. The average Bonchev–Trinajstić information content (AvgIpc) is 2.51. The molecule has 1 heterocycles. The number of halogens is 2. The van der Waals surface area contributed by atoms with Crippen LogP contribution in [-0.2, 0) is 6.54 Å². The molecule has 0 aliphatic heterocycles. The van der Waals surface area contributed by atoms with E-state index in [9.17, 15) is 4.39 Å². The summed E-state index contributed by atoms with van der Waals surface area (Å²) in [5.74, 6) is 0.426. The van der Waals surface area contributed by atoms with E-state index in [1.807, 2.05) is 24.3 Å². The second-order valence-electron chi connectivity index (χ2n) is 4.51. The van der Waals surface area contributed by atoms with Gasteiger partial charge in [-0.25, -0.2) is 4.39 Å². The molecule has 0 spiro atoms. The Balaban J connectivity index is 2.11. The molecule has 3 rings (SSSR count). The molecule has 0 saturated carbocycles. The van der Waals surface area contributed by atoms with Gasteiger partial charge in [-0.15, -0.1) is 0 Å². The Kier molecular flexibility index (Phi) is 3.73. The summed E-state index contributed by atoms with van der Waals surface area (Å²) in [6.45, 7) is 0.281. The van der Waals surface area contributed by atoms with Crippen LogP contribution < -0.4 is 10.5 Å². The normalized spacial score (nSPS) is 10.8. The van der Waals surface area contributed by atoms with E-state index in [2.05, 4.69) is 4.98 Å². The number of benzene rings is 2. The highest BCUT2D eigenvalue weighted by Crippen LogP contribution is 2.33. The van der Waals surface area contributed by atoms with Crippen molar-refractivity contribution in [3.05, 3.63) is 65.1 Å². The maximum atomic E-state index is 13.5. The Morgan fingerprint density at radius 3 is 2.76 bits per heavy atom. The summed E-state index contributed by atoms with van der Waals surface area (Å²) in [5, 5.41) is 0.886. The van der Waals surface area contributed by atoms with E-state index in [4.69, 9.17) is 22.1 Å². The average molecular weight is 303 g/mol. The maximum Gasteiger partial charge on any atom is 0.145 e. The van der Waals surface area contributed by atoms with E-state index in [1.54, 1.807) is 12.3 Å². The van der Waals surface area contributed by atoms with Crippen molar-refractivity contribution >= 4 is 22.5 Å². The minimum atomic E-state index is -0.526. The first-order valence-electron chi connectivity index (χ1n) is 6.38. The quantitative estimate of drug-likeness (QED) is 0.785. The van der Waals surface area contributed by atoms with Crippen molar-refractivity contribution in [2.24, 2.45) is 5.73 Å². The van der Waals surface area contributed by atoms with E-state index < -0.39 is 5.82 Å². The molecular formula is C16H12ClFN2O. The Morgan fingerprint density at radius 2 is 2.00 bits per heavy atom. The molecule has 1 aromatic heterocycles. The van der Waals surface area contributed by atoms with Gasteiger partial charge in [0.25, 0.3) is 0 Å². The summed E-state index contributed by atoms with van der Waals surface area (Å²) in [7, 11) is 0. The van der Waals surface area contributed by atoms with Gasteiger partial charge in [-0.2, -0.15) is 0 Å². The van der Waals surface area contributed by atoms with Crippen LogP contribution in [0.25, 0.3) is 10.9 Å². The maximum absolute atomic E-state index is 13.5. The van der Waals surface area contributed by atoms with Crippen LogP contribution in [0.1, 0.15) is 5.56 Å². The molecule has 0 saturated heterocycles. The smallest absolute Gasteiger partial charge is 0.145 e. The van der Waals surface area contributed by atoms with Crippen LogP contribution in [0.15, 0.2) is 48.7 Å². The molecule has 0 aliphatic carbocycles. The van der Waals surface area contributed by atoms with E-state index in [0.29, 0.717) is 11.5 Å². The number of para-hydroxylation sites is 1. The van der Waals surface area contributed by atoms with Crippen LogP contribution >= 0.6 is 11.6 Å². The molecule has 3 nitrogen and oxygen atoms in total. The topological polar surface area (TPSA) is 48.1 Å². The highest BCUT2D eigenvalue weighted by molar-refractivity contribution is 6.30. The van der Waals surface area contributed by atoms with Crippen molar-refractivity contribution in [1.82, 2.24) is 4.98 Å². The molecule has 0 radical (unpaired) electrons. The molecule has 0 unspecified atom stereocenters. The second-order valence-corrected chi connectivity index (χ2v) is 4.92. The number of ether oxygens (including phenoxy) is 1. The van der Waals surface area contributed by atoms with Gasteiger partial charge in [-0.3, -0.25) is 4.98 Å². The standard InChI is InChI=1S/C16H12ClFN2O/c17-13-6-5-11(7-14(13)18)21-16-10(8-19)9-20-15-4-2-1-3-12(15)16/h1-7,9H,8,19H2. The Bertz CT molecular complexity index is 807. The van der Waals surface area contributed by atoms with Gasteiger partial charge in [0.15, 0.2) is 0 Å². The van der Waals surface area contributed by atoms with E-state index in [0.717, 1.165) is 16.5 Å². The lowest BCUT2D eigenvalue weighted by molar-refractivity contribution is 0.476. The van der Waals surface area contributed by atoms with Crippen molar-refractivity contribution < 1.29 is 9.13 Å². The largest absolute Gasteiger partial charge is 0.456 e. The van der Waals surface area contributed by atoms with Crippen molar-refractivity contribution in [3.8, 4) is 11.5 Å². The first-order valence-corrected chi connectivity index (χ1v) is 6.76. The Hall–Kier alpha value is -2.17. The van der Waals surface area contributed by atoms with Crippen molar-refractivity contribution in [2.45, 2.75) is 6.54 Å². The first-order chi connectivity index (χ1) is 10.2. The zero-order chi connectivity index (χ0) is 14.8. The fourth-order valence-corrected chi connectivity index (χ4v) is 2.20. The van der Waals surface area contributed by atoms with E-state index in [1.165, 1.54) is 12.1 Å². The van der Waals surface area contributed by atoms with E-state index >= 15 is 0 Å². The van der Waals surface area contributed by atoms with Gasteiger partial charge < -0.3 is 10.5 Å². The number of aromatic nitrogens is 1. The monoisotopic (exact) mass is 302 g/mol. The highest BCUT2D eigenvalue weighted by atomic mass is 35.5. The summed E-state index contributed by atoms with van der Waals surface area (Å²) in [5.41, 5.74) is 7.28. The summed E-state index contributed by atoms with van der Waals surface area (Å²) in [6, 6.07) is 11.9. The predicted molar refractivity (Wildman–Crippen MR) is 81.1 cm³/mol. The number of rotatable bonds is 3. The third-order valence-electron chi connectivity index (χ3n) is 3.13. The van der Waals surface area contributed by atoms with Crippen LogP contribution in [-0.4, -0.2) is 4.98 Å². The van der Waals surface area contributed by atoms with Gasteiger partial charge in [-0.05, 0) is 24.3 Å². The number of nitrogens with two attached hydrogens (primary N) is 1. The third kappa shape index (κ3) is 2.68. The lowest BCUT2D eigenvalue weighted by Crippen LogP contribution is -2.01. The third-order valence-corrected chi connectivity index (χ3v) is 3.44. The minimum absolute atomic E-state index is 0.0565. The van der Waals surface area contributed by atoms with Crippen LogP contribution in [0.3, 0.4) is 0 Å². The molecule has 0 amide bonds. The molecule has 0 aliphatic rings. The van der Waals surface area contributed by atoms with E-state index in [-0.39, 0.29) is 11.6 Å². The molecule has 5 heteroatoms. The number of pyridine rings is 1. The van der Waals surface area contributed by atoms with Gasteiger partial charge in [-0.1, -0.05) is 23.7 Å². The molecule has 106 valence electrons. The minimum Gasteiger partial charge on any atom is -0.456 e. The molecule has 2 aromatic carbocycles. The molecular weight excluding hydrogens is 291 g/mol. The van der Waals surface area contributed by atoms with Gasteiger partial charge in [0, 0.05) is 29.8 Å².